The first-order chi connectivity index (χ1) is 13.6. The zero-order chi connectivity index (χ0) is 22.7. The molecule has 2 fully saturated rings. The summed E-state index contributed by atoms with van der Waals surface area (Å²) in [6.45, 7) is 5.29. The molecule has 29 heavy (non-hydrogen) atoms. The number of carbonyl (C=O) groups excluding carboxylic acids is 4. The summed E-state index contributed by atoms with van der Waals surface area (Å²) < 4.78 is 31.1. The molecule has 0 aromatic heterocycles. The molecule has 1 aromatic rings. The van der Waals surface area contributed by atoms with Gasteiger partial charge in [-0.2, -0.15) is 13.2 Å². The van der Waals surface area contributed by atoms with Crippen LogP contribution in [0.1, 0.15) is 44.6 Å². The van der Waals surface area contributed by atoms with Crippen LogP contribution in [0.2, 0.25) is 0 Å². The number of piperidine rings is 1. The number of Topliss-reactive ketones (excluding diaryl/α,β-unsaturated/α-hetero) is 1. The third-order valence-electron chi connectivity index (χ3n) is 4.80. The third-order valence-corrected chi connectivity index (χ3v) is 4.80. The molecule has 9 heteroatoms. The van der Waals surface area contributed by atoms with E-state index >= 15 is 0 Å². The van der Waals surface area contributed by atoms with Gasteiger partial charge in [-0.25, -0.2) is 0 Å². The predicted octanol–water partition coefficient (Wildman–Crippen LogP) is 3.33. The van der Waals surface area contributed by atoms with E-state index < -0.39 is 6.18 Å². The maximum absolute atomic E-state index is 12.4. The number of nitrogens with zero attached hydrogens (tertiary/aromatic N) is 1. The number of anilines is 1. The molecule has 1 amide bonds. The molecule has 1 aromatic carbocycles. The monoisotopic (exact) mass is 416 g/mol. The van der Waals surface area contributed by atoms with Crippen molar-refractivity contribution in [2.75, 3.05) is 12.3 Å². The molecule has 1 aliphatic carbocycles. The minimum atomic E-state index is -4.00. The van der Waals surface area contributed by atoms with Crippen molar-refractivity contribution in [2.45, 2.75) is 51.7 Å². The number of hydrogen-bond acceptors (Lipinski definition) is 5. The Labute approximate surface area is 168 Å². The van der Waals surface area contributed by atoms with Crippen molar-refractivity contribution in [3.8, 4) is 0 Å². The number of likely N-dealkylation sites (tertiary alicyclic amines) is 1. The van der Waals surface area contributed by atoms with Gasteiger partial charge in [-0.15, -0.1) is 0 Å². The minimum Gasteiger partial charge on any atom is -0.398 e. The highest BCUT2D eigenvalue weighted by Crippen LogP contribution is 2.44. The first kappa shape index (κ1) is 26.3. The number of hydrogen-bond donors (Lipinski definition) is 1. The summed E-state index contributed by atoms with van der Waals surface area (Å²) in [4.78, 5) is 42.4. The Hall–Kier alpha value is -2.71. The molecule has 2 N–H and O–H groups in total. The van der Waals surface area contributed by atoms with E-state index in [9.17, 15) is 22.8 Å². The smallest absolute Gasteiger partial charge is 0.386 e. The number of para-hydroxylation sites is 1. The highest BCUT2D eigenvalue weighted by molar-refractivity contribution is 6.38. The van der Waals surface area contributed by atoms with Gasteiger partial charge in [-0.1, -0.05) is 31.0 Å². The van der Waals surface area contributed by atoms with Crippen molar-refractivity contribution < 1.29 is 32.3 Å². The van der Waals surface area contributed by atoms with E-state index in [0.29, 0.717) is 18.8 Å². The Balaban J connectivity index is 0.000000752. The fourth-order valence-electron chi connectivity index (χ4n) is 3.50. The predicted molar refractivity (Wildman–Crippen MR) is 103 cm³/mol. The van der Waals surface area contributed by atoms with Crippen LogP contribution in [0.25, 0.3) is 0 Å². The first-order valence-electron chi connectivity index (χ1n) is 8.94. The van der Waals surface area contributed by atoms with E-state index in [4.69, 9.17) is 15.3 Å². The van der Waals surface area contributed by atoms with Gasteiger partial charge in [0.05, 0.1) is 0 Å². The lowest BCUT2D eigenvalue weighted by Gasteiger charge is -2.37. The number of benzene rings is 1. The summed E-state index contributed by atoms with van der Waals surface area (Å²) in [6, 6.07) is 7.51. The van der Waals surface area contributed by atoms with Crippen LogP contribution in [-0.4, -0.2) is 42.9 Å². The van der Waals surface area contributed by atoms with Gasteiger partial charge in [0.25, 0.3) is 5.91 Å². The number of alkyl halides is 3. The SMILES string of the molecule is C=O.C=O.CC(F)(F)F.Nc1ccccc1CN1CCC2(CCCC2)C(=O)C1=O. The zero-order valence-electron chi connectivity index (χ0n) is 16.5. The van der Waals surface area contributed by atoms with Crippen LogP contribution in [-0.2, 0) is 25.7 Å². The second-order valence-electron chi connectivity index (χ2n) is 6.77. The van der Waals surface area contributed by atoms with Crippen LogP contribution in [0.3, 0.4) is 0 Å². The number of rotatable bonds is 2. The number of ketones is 1. The molecule has 2 aliphatic rings. The third kappa shape index (κ3) is 8.05. The molecule has 0 radical (unpaired) electrons. The molecule has 1 aliphatic heterocycles. The Kier molecular flexibility index (Phi) is 10.9. The fraction of sp³-hybridized carbons (Fsp3) is 0.500. The molecule has 6 nitrogen and oxygen atoms in total. The molecule has 3 rings (SSSR count). The standard InChI is InChI=1S/C16H20N2O2.C2H3F3.2CH2O/c17-13-6-2-1-5-12(13)11-18-10-9-16(7-3-4-8-16)14(19)15(18)20;1-2(3,4)5;2*1-2/h1-2,5-6H,3-4,7-11,17H2;1H3;2*1H2. The maximum Gasteiger partial charge on any atom is 0.386 e. The van der Waals surface area contributed by atoms with Crippen molar-refractivity contribution in [2.24, 2.45) is 5.41 Å². The molecule has 0 bridgehead atoms. The van der Waals surface area contributed by atoms with Gasteiger partial charge in [-0.05, 0) is 30.9 Å². The van der Waals surface area contributed by atoms with Gasteiger partial charge in [0.2, 0.25) is 5.78 Å². The Bertz CT molecular complexity index is 666. The van der Waals surface area contributed by atoms with E-state index in [1.807, 2.05) is 37.8 Å². The second kappa shape index (κ2) is 12.0. The quantitative estimate of drug-likeness (QED) is 0.589. The lowest BCUT2D eigenvalue weighted by Crippen LogP contribution is -2.50. The summed E-state index contributed by atoms with van der Waals surface area (Å²) in [5.41, 5.74) is 7.16. The van der Waals surface area contributed by atoms with Crippen molar-refractivity contribution >= 4 is 31.0 Å². The van der Waals surface area contributed by atoms with Gasteiger partial charge in [0, 0.05) is 31.1 Å². The summed E-state index contributed by atoms with van der Waals surface area (Å²) >= 11 is 0. The molecule has 1 saturated carbocycles. The zero-order valence-corrected chi connectivity index (χ0v) is 16.5. The van der Waals surface area contributed by atoms with Crippen molar-refractivity contribution in [1.29, 1.82) is 0 Å². The molecule has 1 spiro atoms. The lowest BCUT2D eigenvalue weighted by molar-refractivity contribution is -0.155. The van der Waals surface area contributed by atoms with Crippen LogP contribution in [0.4, 0.5) is 18.9 Å². The average Bonchev–Trinajstić information content (AvgIpc) is 3.16. The van der Waals surface area contributed by atoms with Gasteiger partial charge in [0.15, 0.2) is 0 Å². The maximum atomic E-state index is 12.4. The van der Waals surface area contributed by atoms with Crippen LogP contribution in [0.15, 0.2) is 24.3 Å². The molecular weight excluding hydrogens is 389 g/mol. The van der Waals surface area contributed by atoms with Crippen molar-refractivity contribution in [3.05, 3.63) is 29.8 Å². The number of amides is 1. The highest BCUT2D eigenvalue weighted by Gasteiger charge is 2.48. The Morgan fingerprint density at radius 2 is 1.52 bits per heavy atom. The number of carbonyl (C=O) groups is 4. The van der Waals surface area contributed by atoms with E-state index in [1.54, 1.807) is 4.90 Å². The molecule has 0 unspecified atom stereocenters. The van der Waals surface area contributed by atoms with Gasteiger partial charge in [0.1, 0.15) is 13.6 Å². The van der Waals surface area contributed by atoms with Gasteiger partial charge >= 0.3 is 6.18 Å². The van der Waals surface area contributed by atoms with Gasteiger partial charge in [-0.3, -0.25) is 9.59 Å². The lowest BCUT2D eigenvalue weighted by atomic mass is 9.75. The molecular formula is C20H27F3N2O4. The second-order valence-corrected chi connectivity index (χ2v) is 6.77. The molecule has 1 heterocycles. The van der Waals surface area contributed by atoms with Crippen LogP contribution in [0.5, 0.6) is 0 Å². The van der Waals surface area contributed by atoms with E-state index in [2.05, 4.69) is 0 Å². The molecule has 1 saturated heterocycles. The summed E-state index contributed by atoms with van der Waals surface area (Å²) in [6.07, 6.45) is 0.734. The summed E-state index contributed by atoms with van der Waals surface area (Å²) in [5.74, 6) is -0.489. The number of nitrogen functional groups attached to an aromatic ring is 1. The molecule has 162 valence electrons. The van der Waals surface area contributed by atoms with Crippen LogP contribution >= 0.6 is 0 Å². The average molecular weight is 416 g/mol. The summed E-state index contributed by atoms with van der Waals surface area (Å²) in [5, 5.41) is 0. The van der Waals surface area contributed by atoms with E-state index in [1.165, 1.54) is 0 Å². The largest absolute Gasteiger partial charge is 0.398 e. The van der Waals surface area contributed by atoms with E-state index in [-0.39, 0.29) is 24.0 Å². The topological polar surface area (TPSA) is 97.5 Å². The van der Waals surface area contributed by atoms with Crippen molar-refractivity contribution in [1.82, 2.24) is 4.90 Å². The minimum absolute atomic E-state index is 0.171. The summed E-state index contributed by atoms with van der Waals surface area (Å²) in [7, 11) is 0. The fourth-order valence-corrected chi connectivity index (χ4v) is 3.50. The number of nitrogens with two attached hydrogens (primary N) is 1. The first-order valence-corrected chi connectivity index (χ1v) is 8.94. The normalized spacial score (nSPS) is 17.3. The van der Waals surface area contributed by atoms with Crippen LogP contribution < -0.4 is 5.73 Å². The Morgan fingerprint density at radius 3 is 2.00 bits per heavy atom. The highest BCUT2D eigenvalue weighted by atomic mass is 19.4. The number of halogens is 3. The molecule has 0 atom stereocenters. The van der Waals surface area contributed by atoms with Crippen molar-refractivity contribution in [3.63, 3.8) is 0 Å². The Morgan fingerprint density at radius 1 is 1.03 bits per heavy atom. The van der Waals surface area contributed by atoms with Crippen LogP contribution in [0, 0.1) is 5.41 Å². The van der Waals surface area contributed by atoms with Gasteiger partial charge < -0.3 is 20.2 Å². The van der Waals surface area contributed by atoms with E-state index in [0.717, 1.165) is 37.7 Å².